The Kier molecular flexibility index (Phi) is 3.63. The third-order valence-corrected chi connectivity index (χ3v) is 8.53. The fourth-order valence-corrected chi connectivity index (χ4v) is 7.22. The van der Waals surface area contributed by atoms with Crippen molar-refractivity contribution in [3.05, 3.63) is 40.6 Å². The second-order valence-electron chi connectivity index (χ2n) is 10.1. The second-order valence-corrected chi connectivity index (χ2v) is 10.1. The van der Waals surface area contributed by atoms with Crippen molar-refractivity contribution in [1.29, 1.82) is 0 Å². The van der Waals surface area contributed by atoms with Crippen LogP contribution in [0, 0.1) is 11.1 Å². The molecule has 2 bridgehead atoms. The summed E-state index contributed by atoms with van der Waals surface area (Å²) in [6.45, 7) is 8.49. The number of hydroxylamine groups is 3. The molecule has 1 aromatic rings. The first-order valence-electron chi connectivity index (χ1n) is 11.4. The summed E-state index contributed by atoms with van der Waals surface area (Å²) in [6.07, 6.45) is 6.23. The lowest BCUT2D eigenvalue weighted by Crippen LogP contribution is -2.80. The molecular weight excluding hydrogens is 366 g/mol. The first-order valence-corrected chi connectivity index (χ1v) is 11.4. The van der Waals surface area contributed by atoms with Gasteiger partial charge in [-0.15, -0.1) is 0 Å². The van der Waals surface area contributed by atoms with E-state index >= 15 is 0 Å². The maximum Gasteiger partial charge on any atom is 0.166 e. The number of hydrogen-bond acceptors (Lipinski definition) is 4. The lowest BCUT2D eigenvalue weighted by molar-refractivity contribution is -0.924. The van der Waals surface area contributed by atoms with Crippen molar-refractivity contribution in [3.63, 3.8) is 0 Å². The van der Waals surface area contributed by atoms with Crippen LogP contribution >= 0.6 is 0 Å². The zero-order chi connectivity index (χ0) is 20.0. The van der Waals surface area contributed by atoms with Crippen molar-refractivity contribution in [2.45, 2.75) is 75.0 Å². The average molecular weight is 398 g/mol. The lowest BCUT2D eigenvalue weighted by atomic mass is 9.48. The molecule has 1 aromatic carbocycles. The molecule has 5 aliphatic rings. The van der Waals surface area contributed by atoms with Gasteiger partial charge in [0.1, 0.15) is 17.7 Å². The van der Waals surface area contributed by atoms with Crippen LogP contribution in [0.5, 0.6) is 11.5 Å². The van der Waals surface area contributed by atoms with Crippen LogP contribution in [-0.4, -0.2) is 47.2 Å². The van der Waals surface area contributed by atoms with Gasteiger partial charge in [-0.2, -0.15) is 0 Å². The van der Waals surface area contributed by atoms with Gasteiger partial charge in [0.25, 0.3) is 0 Å². The number of rotatable bonds is 5. The fraction of sp³-hybridized carbons (Fsp3) is 0.667. The van der Waals surface area contributed by atoms with Crippen molar-refractivity contribution in [2.24, 2.45) is 5.92 Å². The monoisotopic (exact) mass is 397 g/mol. The predicted octanol–water partition coefficient (Wildman–Crippen LogP) is 3.96. The average Bonchev–Trinajstić information content (AvgIpc) is 3.43. The first-order chi connectivity index (χ1) is 14.0. The molecule has 3 aliphatic carbocycles. The topological polar surface area (TPSA) is 61.8 Å². The van der Waals surface area contributed by atoms with Gasteiger partial charge in [-0.1, -0.05) is 19.6 Å². The number of phenols is 1. The molecule has 156 valence electrons. The summed E-state index contributed by atoms with van der Waals surface area (Å²) in [4.78, 5) is 0. The molecular formula is C24H31NO4. The predicted molar refractivity (Wildman–Crippen MR) is 110 cm³/mol. The van der Waals surface area contributed by atoms with E-state index in [4.69, 9.17) is 9.47 Å². The minimum Gasteiger partial charge on any atom is -0.632 e. The number of benzene rings is 1. The van der Waals surface area contributed by atoms with E-state index in [1.807, 2.05) is 6.07 Å². The van der Waals surface area contributed by atoms with E-state index in [2.05, 4.69) is 13.5 Å². The molecule has 0 amide bonds. The maximum absolute atomic E-state index is 14.4. The fourth-order valence-electron chi connectivity index (χ4n) is 7.22. The Morgan fingerprint density at radius 3 is 2.93 bits per heavy atom. The molecule has 5 nitrogen and oxygen atoms in total. The number of piperidine rings is 1. The normalized spacial score (nSPS) is 41.8. The standard InChI is InChI=1S/C24H31NO4/c1-3-12-28-24-9-8-15(2)22-23(24)10-11-25(27,14-16-4-5-16)19(24)13-17-6-7-18(26)21(29-22)20(17)23/h6-7,16,19,22,26H,2-5,8-14H2,1H3/t19-,22?,23+,24-,25?/m1/s1. The van der Waals surface area contributed by atoms with Gasteiger partial charge in [0.05, 0.1) is 18.5 Å². The highest BCUT2D eigenvalue weighted by atomic mass is 16.6. The van der Waals surface area contributed by atoms with Crippen LogP contribution in [0.1, 0.15) is 56.6 Å². The molecule has 1 spiro atoms. The second kappa shape index (κ2) is 5.77. The van der Waals surface area contributed by atoms with Crippen molar-refractivity contribution >= 4 is 0 Å². The third kappa shape index (κ3) is 2.11. The van der Waals surface area contributed by atoms with E-state index in [0.717, 1.165) is 43.4 Å². The summed E-state index contributed by atoms with van der Waals surface area (Å²) in [5.41, 5.74) is 2.45. The van der Waals surface area contributed by atoms with Crippen molar-refractivity contribution < 1.29 is 19.2 Å². The molecule has 0 radical (unpaired) electrons. The van der Waals surface area contributed by atoms with Crippen molar-refractivity contribution in [2.75, 3.05) is 19.7 Å². The van der Waals surface area contributed by atoms with Gasteiger partial charge in [-0.05, 0) is 49.3 Å². The minimum atomic E-state index is -0.532. The number of hydrogen-bond donors (Lipinski definition) is 1. The Morgan fingerprint density at radius 2 is 2.17 bits per heavy atom. The van der Waals surface area contributed by atoms with Gasteiger partial charge in [0.2, 0.25) is 0 Å². The molecule has 2 aliphatic heterocycles. The van der Waals surface area contributed by atoms with Crippen molar-refractivity contribution in [3.8, 4) is 11.5 Å². The Balaban J connectivity index is 1.60. The summed E-state index contributed by atoms with van der Waals surface area (Å²) in [5.74, 6) is 1.40. The minimum absolute atomic E-state index is 0.106. The van der Waals surface area contributed by atoms with Gasteiger partial charge in [-0.3, -0.25) is 0 Å². The number of likely N-dealkylation sites (tertiary alicyclic amines) is 1. The summed E-state index contributed by atoms with van der Waals surface area (Å²) in [6, 6.07) is 3.65. The molecule has 2 unspecified atom stereocenters. The zero-order valence-electron chi connectivity index (χ0n) is 17.3. The van der Waals surface area contributed by atoms with E-state index in [1.165, 1.54) is 18.4 Å². The molecule has 1 N–H and O–H groups in total. The van der Waals surface area contributed by atoms with Gasteiger partial charge in [0, 0.05) is 30.9 Å². The number of phenolic OH excluding ortho intramolecular Hbond substituents is 1. The van der Waals surface area contributed by atoms with Crippen molar-refractivity contribution in [1.82, 2.24) is 0 Å². The molecule has 6 rings (SSSR count). The molecule has 29 heavy (non-hydrogen) atoms. The molecule has 5 heteroatoms. The van der Waals surface area contributed by atoms with Crippen LogP contribution in [0.3, 0.4) is 0 Å². The molecule has 5 atom stereocenters. The molecule has 2 heterocycles. The Labute approximate surface area is 172 Å². The quantitative estimate of drug-likeness (QED) is 0.464. The molecule has 2 saturated carbocycles. The van der Waals surface area contributed by atoms with E-state index in [-0.39, 0.29) is 28.0 Å². The van der Waals surface area contributed by atoms with E-state index in [0.29, 0.717) is 31.2 Å². The SMILES string of the molecule is C=C1CC[C@@]2(OCCC)[C@H]3Cc4ccc(O)c5c4[C@@]2(CC[N+]3([O-])CC2CC2)C1O5. The summed E-state index contributed by atoms with van der Waals surface area (Å²) >= 11 is 0. The van der Waals surface area contributed by atoms with Gasteiger partial charge in [0.15, 0.2) is 11.5 Å². The Hall–Kier alpha value is -1.56. The lowest BCUT2D eigenvalue weighted by Gasteiger charge is -2.69. The van der Waals surface area contributed by atoms with E-state index in [9.17, 15) is 10.3 Å². The summed E-state index contributed by atoms with van der Waals surface area (Å²) < 4.78 is 13.1. The number of ether oxygens (including phenoxy) is 2. The van der Waals surface area contributed by atoms with Gasteiger partial charge in [-0.25, -0.2) is 0 Å². The zero-order valence-corrected chi connectivity index (χ0v) is 17.3. The molecule has 1 saturated heterocycles. The highest BCUT2D eigenvalue weighted by Crippen LogP contribution is 2.68. The summed E-state index contributed by atoms with van der Waals surface area (Å²) in [5, 5.41) is 25.0. The van der Waals surface area contributed by atoms with Crippen LogP contribution in [0.4, 0.5) is 0 Å². The van der Waals surface area contributed by atoms with Crippen LogP contribution in [-0.2, 0) is 16.6 Å². The third-order valence-electron chi connectivity index (χ3n) is 8.53. The van der Waals surface area contributed by atoms with E-state index in [1.54, 1.807) is 6.07 Å². The first kappa shape index (κ1) is 18.2. The van der Waals surface area contributed by atoms with Crippen LogP contribution < -0.4 is 4.74 Å². The molecule has 0 aromatic heterocycles. The van der Waals surface area contributed by atoms with E-state index < -0.39 is 5.60 Å². The summed E-state index contributed by atoms with van der Waals surface area (Å²) in [7, 11) is 0. The smallest absolute Gasteiger partial charge is 0.166 e. The molecule has 3 fully saturated rings. The highest BCUT2D eigenvalue weighted by Gasteiger charge is 2.76. The maximum atomic E-state index is 14.4. The highest BCUT2D eigenvalue weighted by molar-refractivity contribution is 5.63. The number of quaternary nitrogens is 1. The largest absolute Gasteiger partial charge is 0.632 e. The van der Waals surface area contributed by atoms with Crippen LogP contribution in [0.25, 0.3) is 0 Å². The number of nitrogens with zero attached hydrogens (tertiary/aromatic N) is 1. The number of aromatic hydroxyl groups is 1. The van der Waals surface area contributed by atoms with Crippen LogP contribution in [0.15, 0.2) is 24.3 Å². The Morgan fingerprint density at radius 1 is 1.34 bits per heavy atom. The van der Waals surface area contributed by atoms with Gasteiger partial charge >= 0.3 is 0 Å². The van der Waals surface area contributed by atoms with Crippen LogP contribution in [0.2, 0.25) is 0 Å². The Bertz CT molecular complexity index is 895. The van der Waals surface area contributed by atoms with Gasteiger partial charge < -0.3 is 24.4 Å².